The van der Waals surface area contributed by atoms with Crippen LogP contribution in [-0.4, -0.2) is 34.7 Å². The van der Waals surface area contributed by atoms with Crippen LogP contribution in [0.25, 0.3) is 0 Å². The number of nitrogens with two attached hydrogens (primary N) is 1. The summed E-state index contributed by atoms with van der Waals surface area (Å²) in [6, 6.07) is 4.74. The van der Waals surface area contributed by atoms with E-state index in [4.69, 9.17) is 10.5 Å². The van der Waals surface area contributed by atoms with Crippen LogP contribution in [0.4, 0.5) is 4.39 Å². The average molecular weight is 276 g/mol. The Morgan fingerprint density at radius 1 is 1.44 bits per heavy atom. The van der Waals surface area contributed by atoms with Crippen LogP contribution in [0.1, 0.15) is 6.42 Å². The third kappa shape index (κ3) is 4.02. The van der Waals surface area contributed by atoms with E-state index in [9.17, 15) is 12.8 Å². The second-order valence-corrected chi connectivity index (χ2v) is 5.46. The van der Waals surface area contributed by atoms with Gasteiger partial charge >= 0.3 is 0 Å². The van der Waals surface area contributed by atoms with Crippen LogP contribution in [0.3, 0.4) is 0 Å². The molecule has 0 saturated heterocycles. The first-order valence-corrected chi connectivity index (χ1v) is 6.95. The molecule has 0 spiro atoms. The van der Waals surface area contributed by atoms with Gasteiger partial charge in [-0.15, -0.1) is 0 Å². The SMILES string of the molecule is COCC(CCN)NS(=O)(=O)c1ccccc1F. The first-order chi connectivity index (χ1) is 8.51. The molecule has 1 aromatic rings. The summed E-state index contributed by atoms with van der Waals surface area (Å²) in [5, 5.41) is 0. The highest BCUT2D eigenvalue weighted by atomic mass is 32.2. The van der Waals surface area contributed by atoms with Crippen LogP contribution in [0.15, 0.2) is 29.2 Å². The average Bonchev–Trinajstić information content (AvgIpc) is 2.29. The van der Waals surface area contributed by atoms with Gasteiger partial charge in [0.15, 0.2) is 0 Å². The topological polar surface area (TPSA) is 81.4 Å². The number of benzene rings is 1. The Bertz CT molecular complexity index is 473. The maximum Gasteiger partial charge on any atom is 0.243 e. The van der Waals surface area contributed by atoms with Crippen molar-refractivity contribution in [2.24, 2.45) is 5.73 Å². The van der Waals surface area contributed by atoms with Gasteiger partial charge in [0.25, 0.3) is 0 Å². The van der Waals surface area contributed by atoms with E-state index in [1.54, 1.807) is 0 Å². The fourth-order valence-electron chi connectivity index (χ4n) is 1.52. The van der Waals surface area contributed by atoms with Crippen LogP contribution in [-0.2, 0) is 14.8 Å². The van der Waals surface area contributed by atoms with Crippen LogP contribution < -0.4 is 10.5 Å². The number of hydrogen-bond donors (Lipinski definition) is 2. The summed E-state index contributed by atoms with van der Waals surface area (Å²) in [5.74, 6) is -0.783. The number of nitrogens with one attached hydrogen (secondary N) is 1. The molecule has 0 radical (unpaired) electrons. The molecule has 102 valence electrons. The molecule has 5 nitrogen and oxygen atoms in total. The zero-order valence-corrected chi connectivity index (χ0v) is 10.9. The molecule has 7 heteroatoms. The predicted molar refractivity (Wildman–Crippen MR) is 66.1 cm³/mol. The number of methoxy groups -OCH3 is 1. The summed E-state index contributed by atoms with van der Waals surface area (Å²) >= 11 is 0. The lowest BCUT2D eigenvalue weighted by Crippen LogP contribution is -2.39. The Labute approximate surface area is 106 Å². The predicted octanol–water partition coefficient (Wildman–Crippen LogP) is 0.468. The summed E-state index contributed by atoms with van der Waals surface area (Å²) in [6.45, 7) is 0.499. The lowest BCUT2D eigenvalue weighted by atomic mass is 10.2. The van der Waals surface area contributed by atoms with E-state index in [-0.39, 0.29) is 11.5 Å². The molecule has 1 atom stereocenters. The van der Waals surface area contributed by atoms with Gasteiger partial charge in [-0.2, -0.15) is 0 Å². The molecule has 0 saturated carbocycles. The van der Waals surface area contributed by atoms with Crippen molar-refractivity contribution in [2.45, 2.75) is 17.4 Å². The standard InChI is InChI=1S/C11H17FN2O3S/c1-17-8-9(6-7-13)14-18(15,16)11-5-3-2-4-10(11)12/h2-5,9,14H,6-8,13H2,1H3. The molecule has 0 aliphatic heterocycles. The normalized spacial score (nSPS) is 13.5. The zero-order chi connectivity index (χ0) is 13.6. The van der Waals surface area contributed by atoms with Gasteiger partial charge in [-0.3, -0.25) is 0 Å². The summed E-state index contributed by atoms with van der Waals surface area (Å²) in [7, 11) is -2.44. The van der Waals surface area contributed by atoms with Crippen molar-refractivity contribution in [1.82, 2.24) is 4.72 Å². The molecule has 3 N–H and O–H groups in total. The Morgan fingerprint density at radius 2 is 2.11 bits per heavy atom. The van der Waals surface area contributed by atoms with Gasteiger partial charge in [0.1, 0.15) is 10.7 Å². The second-order valence-electron chi connectivity index (χ2n) is 3.78. The molecular formula is C11H17FN2O3S. The van der Waals surface area contributed by atoms with E-state index >= 15 is 0 Å². The number of sulfonamides is 1. The van der Waals surface area contributed by atoms with E-state index in [2.05, 4.69) is 4.72 Å². The lowest BCUT2D eigenvalue weighted by Gasteiger charge is -2.17. The maximum atomic E-state index is 13.4. The van der Waals surface area contributed by atoms with Crippen molar-refractivity contribution < 1.29 is 17.5 Å². The van der Waals surface area contributed by atoms with Crippen molar-refractivity contribution >= 4 is 10.0 Å². The van der Waals surface area contributed by atoms with Crippen LogP contribution in [0.2, 0.25) is 0 Å². The molecule has 18 heavy (non-hydrogen) atoms. The largest absolute Gasteiger partial charge is 0.383 e. The fraction of sp³-hybridized carbons (Fsp3) is 0.455. The molecule has 0 aliphatic rings. The maximum absolute atomic E-state index is 13.4. The Morgan fingerprint density at radius 3 is 2.67 bits per heavy atom. The first kappa shape index (κ1) is 15.0. The summed E-state index contributed by atoms with van der Waals surface area (Å²) < 4.78 is 44.6. The number of ether oxygens (including phenoxy) is 1. The summed E-state index contributed by atoms with van der Waals surface area (Å²) in [4.78, 5) is -0.372. The van der Waals surface area contributed by atoms with E-state index in [0.717, 1.165) is 6.07 Å². The molecule has 0 bridgehead atoms. The monoisotopic (exact) mass is 276 g/mol. The van der Waals surface area contributed by atoms with Crippen LogP contribution in [0.5, 0.6) is 0 Å². The second kappa shape index (κ2) is 6.79. The van der Waals surface area contributed by atoms with Gasteiger partial charge in [-0.1, -0.05) is 12.1 Å². The van der Waals surface area contributed by atoms with Crippen molar-refractivity contribution in [3.05, 3.63) is 30.1 Å². The first-order valence-electron chi connectivity index (χ1n) is 5.47. The number of hydrogen-bond acceptors (Lipinski definition) is 4. The molecule has 0 amide bonds. The van der Waals surface area contributed by atoms with Gasteiger partial charge in [0.2, 0.25) is 10.0 Å². The minimum atomic E-state index is -3.90. The van der Waals surface area contributed by atoms with E-state index < -0.39 is 21.9 Å². The van der Waals surface area contributed by atoms with Crippen molar-refractivity contribution in [3.63, 3.8) is 0 Å². The third-order valence-electron chi connectivity index (χ3n) is 2.33. The molecule has 0 aliphatic carbocycles. The van der Waals surface area contributed by atoms with Gasteiger partial charge in [0.05, 0.1) is 6.61 Å². The van der Waals surface area contributed by atoms with E-state index in [0.29, 0.717) is 13.0 Å². The molecular weight excluding hydrogens is 259 g/mol. The highest BCUT2D eigenvalue weighted by Crippen LogP contribution is 2.14. The fourth-order valence-corrected chi connectivity index (χ4v) is 2.86. The van der Waals surface area contributed by atoms with Gasteiger partial charge in [-0.25, -0.2) is 17.5 Å². The van der Waals surface area contributed by atoms with Gasteiger partial charge < -0.3 is 10.5 Å². The minimum Gasteiger partial charge on any atom is -0.383 e. The Balaban J connectivity index is 2.90. The van der Waals surface area contributed by atoms with Crippen LogP contribution >= 0.6 is 0 Å². The van der Waals surface area contributed by atoms with Crippen LogP contribution in [0, 0.1) is 5.82 Å². The minimum absolute atomic E-state index is 0.185. The van der Waals surface area contributed by atoms with Gasteiger partial charge in [0, 0.05) is 13.2 Å². The molecule has 1 unspecified atom stereocenters. The molecule has 0 fully saturated rings. The van der Waals surface area contributed by atoms with Crippen molar-refractivity contribution in [1.29, 1.82) is 0 Å². The highest BCUT2D eigenvalue weighted by Gasteiger charge is 2.22. The lowest BCUT2D eigenvalue weighted by molar-refractivity contribution is 0.172. The Kier molecular flexibility index (Phi) is 5.67. The van der Waals surface area contributed by atoms with E-state index in [1.165, 1.54) is 25.3 Å². The van der Waals surface area contributed by atoms with E-state index in [1.807, 2.05) is 0 Å². The molecule has 0 aromatic heterocycles. The van der Waals surface area contributed by atoms with Crippen molar-refractivity contribution in [2.75, 3.05) is 20.3 Å². The highest BCUT2D eigenvalue weighted by molar-refractivity contribution is 7.89. The molecule has 1 rings (SSSR count). The Hall–Kier alpha value is -1.02. The molecule has 0 heterocycles. The number of rotatable bonds is 7. The summed E-state index contributed by atoms with van der Waals surface area (Å²) in [6.07, 6.45) is 0.418. The molecule has 1 aromatic carbocycles. The third-order valence-corrected chi connectivity index (χ3v) is 3.88. The quantitative estimate of drug-likeness (QED) is 0.758. The number of halogens is 1. The smallest absolute Gasteiger partial charge is 0.243 e. The zero-order valence-electron chi connectivity index (χ0n) is 10.1. The van der Waals surface area contributed by atoms with Crippen molar-refractivity contribution in [3.8, 4) is 0 Å². The summed E-state index contributed by atoms with van der Waals surface area (Å²) in [5.41, 5.74) is 5.38. The van der Waals surface area contributed by atoms with Gasteiger partial charge in [-0.05, 0) is 25.1 Å².